The van der Waals surface area contributed by atoms with Gasteiger partial charge >= 0.3 is 0 Å². The van der Waals surface area contributed by atoms with Crippen molar-refractivity contribution in [1.82, 2.24) is 0 Å². The van der Waals surface area contributed by atoms with Gasteiger partial charge in [-0.15, -0.1) is 0 Å². The van der Waals surface area contributed by atoms with Crippen molar-refractivity contribution in [2.24, 2.45) is 5.73 Å². The van der Waals surface area contributed by atoms with E-state index in [0.29, 0.717) is 6.07 Å². The second-order valence-electron chi connectivity index (χ2n) is 2.68. The minimum absolute atomic E-state index is 0.214. The van der Waals surface area contributed by atoms with E-state index in [4.69, 9.17) is 5.73 Å². The molecule has 0 fully saturated rings. The molecule has 0 aliphatic carbocycles. The lowest BCUT2D eigenvalue weighted by Gasteiger charge is -2.06. The van der Waals surface area contributed by atoms with E-state index in [-0.39, 0.29) is 11.8 Å². The van der Waals surface area contributed by atoms with Gasteiger partial charge in [0.25, 0.3) is 0 Å². The van der Waals surface area contributed by atoms with Crippen LogP contribution in [0, 0.1) is 11.6 Å². The number of aldehydes is 1. The van der Waals surface area contributed by atoms with Gasteiger partial charge in [0, 0.05) is 11.6 Å². The highest BCUT2D eigenvalue weighted by Crippen LogP contribution is 2.18. The van der Waals surface area contributed by atoms with Crippen molar-refractivity contribution < 1.29 is 18.4 Å². The molecule has 0 saturated carbocycles. The van der Waals surface area contributed by atoms with Crippen LogP contribution in [0.4, 0.5) is 8.78 Å². The van der Waals surface area contributed by atoms with Gasteiger partial charge < -0.3 is 10.5 Å². The molecule has 1 amide bonds. The molecule has 0 aromatic heterocycles. The number of amides is 1. The van der Waals surface area contributed by atoms with E-state index in [1.807, 2.05) is 0 Å². The van der Waals surface area contributed by atoms with Crippen molar-refractivity contribution in [3.63, 3.8) is 0 Å². The zero-order chi connectivity index (χ0) is 10.7. The molecule has 0 spiro atoms. The summed E-state index contributed by atoms with van der Waals surface area (Å²) in [6.07, 6.45) is 0.221. The Hall–Kier alpha value is -1.78. The number of carbonyl (C=O) groups excluding carboxylic acids is 2. The van der Waals surface area contributed by atoms with Gasteiger partial charge in [-0.2, -0.15) is 0 Å². The Kier molecular flexibility index (Phi) is 2.91. The summed E-state index contributed by atoms with van der Waals surface area (Å²) in [6.45, 7) is 0. The average Bonchev–Trinajstić information content (AvgIpc) is 2.09. The van der Waals surface area contributed by atoms with Gasteiger partial charge in [-0.05, 0) is 6.07 Å². The van der Waals surface area contributed by atoms with E-state index >= 15 is 0 Å². The lowest BCUT2D eigenvalue weighted by Crippen LogP contribution is -2.23. The summed E-state index contributed by atoms with van der Waals surface area (Å²) >= 11 is 0. The fraction of sp³-hybridized carbons (Fsp3) is 0.111. The summed E-state index contributed by atoms with van der Waals surface area (Å²) < 4.78 is 25.5. The number of benzene rings is 1. The number of carbonyl (C=O) groups is 2. The summed E-state index contributed by atoms with van der Waals surface area (Å²) in [6, 6.07) is 2.57. The van der Waals surface area contributed by atoms with Crippen LogP contribution in [0.25, 0.3) is 0 Å². The summed E-state index contributed by atoms with van der Waals surface area (Å²) in [4.78, 5) is 21.1. The molecule has 0 saturated heterocycles. The quantitative estimate of drug-likeness (QED) is 0.576. The first kappa shape index (κ1) is 10.3. The van der Waals surface area contributed by atoms with Gasteiger partial charge in [0.1, 0.15) is 23.8 Å². The van der Waals surface area contributed by atoms with Crippen LogP contribution in [0.15, 0.2) is 18.2 Å². The van der Waals surface area contributed by atoms with Crippen LogP contribution in [0.3, 0.4) is 0 Å². The molecule has 5 heteroatoms. The summed E-state index contributed by atoms with van der Waals surface area (Å²) in [5.74, 6) is -4.07. The highest BCUT2D eigenvalue weighted by atomic mass is 19.1. The van der Waals surface area contributed by atoms with E-state index in [9.17, 15) is 18.4 Å². The van der Waals surface area contributed by atoms with Crippen LogP contribution in [0.5, 0.6) is 0 Å². The molecule has 74 valence electrons. The fourth-order valence-electron chi connectivity index (χ4n) is 1.05. The zero-order valence-electron chi connectivity index (χ0n) is 7.04. The molecule has 1 unspecified atom stereocenters. The summed E-state index contributed by atoms with van der Waals surface area (Å²) in [5, 5.41) is 0. The molecule has 0 heterocycles. The zero-order valence-corrected chi connectivity index (χ0v) is 7.04. The molecule has 2 N–H and O–H groups in total. The maximum Gasteiger partial charge on any atom is 0.232 e. The molecule has 1 rings (SSSR count). The summed E-state index contributed by atoms with van der Waals surface area (Å²) in [7, 11) is 0. The Balaban J connectivity index is 3.17. The lowest BCUT2D eigenvalue weighted by molar-refractivity contribution is -0.123. The minimum atomic E-state index is -1.37. The normalized spacial score (nSPS) is 12.1. The molecular formula is C9H7F2NO2. The maximum atomic E-state index is 13.0. The molecule has 14 heavy (non-hydrogen) atoms. The number of hydrogen-bond acceptors (Lipinski definition) is 2. The van der Waals surface area contributed by atoms with Gasteiger partial charge in [0.15, 0.2) is 0 Å². The van der Waals surface area contributed by atoms with E-state index < -0.39 is 23.5 Å². The number of primary amides is 1. The van der Waals surface area contributed by atoms with Crippen LogP contribution in [-0.4, -0.2) is 12.2 Å². The van der Waals surface area contributed by atoms with Crippen molar-refractivity contribution in [3.8, 4) is 0 Å². The van der Waals surface area contributed by atoms with Crippen LogP contribution in [0.1, 0.15) is 11.5 Å². The van der Waals surface area contributed by atoms with Crippen molar-refractivity contribution in [2.75, 3.05) is 0 Å². The first-order valence-corrected chi connectivity index (χ1v) is 3.76. The van der Waals surface area contributed by atoms with Crippen molar-refractivity contribution in [1.29, 1.82) is 0 Å². The van der Waals surface area contributed by atoms with Crippen LogP contribution >= 0.6 is 0 Å². The van der Waals surface area contributed by atoms with Crippen LogP contribution < -0.4 is 5.73 Å². The molecule has 0 bridgehead atoms. The number of nitrogens with two attached hydrogens (primary N) is 1. The second-order valence-corrected chi connectivity index (χ2v) is 2.68. The first-order chi connectivity index (χ1) is 6.56. The maximum absolute atomic E-state index is 13.0. The predicted octanol–water partition coefficient (Wildman–Crippen LogP) is 0.733. The van der Waals surface area contributed by atoms with Gasteiger partial charge in [-0.3, -0.25) is 4.79 Å². The Bertz CT molecular complexity index is 379. The summed E-state index contributed by atoms with van der Waals surface area (Å²) in [5.41, 5.74) is 4.64. The van der Waals surface area contributed by atoms with Crippen molar-refractivity contribution in [3.05, 3.63) is 35.4 Å². The molecule has 0 aliphatic rings. The smallest absolute Gasteiger partial charge is 0.232 e. The Morgan fingerprint density at radius 2 is 2.07 bits per heavy atom. The average molecular weight is 199 g/mol. The third-order valence-electron chi connectivity index (χ3n) is 1.74. The third kappa shape index (κ3) is 1.93. The van der Waals surface area contributed by atoms with Gasteiger partial charge in [-0.25, -0.2) is 8.78 Å². The molecule has 1 atom stereocenters. The molecular weight excluding hydrogens is 192 g/mol. The minimum Gasteiger partial charge on any atom is -0.369 e. The predicted molar refractivity (Wildman–Crippen MR) is 44.4 cm³/mol. The van der Waals surface area contributed by atoms with E-state index in [2.05, 4.69) is 0 Å². The van der Waals surface area contributed by atoms with Gasteiger partial charge in [-0.1, -0.05) is 6.07 Å². The van der Waals surface area contributed by atoms with Crippen molar-refractivity contribution >= 4 is 12.2 Å². The number of hydrogen-bond donors (Lipinski definition) is 1. The van der Waals surface area contributed by atoms with E-state index in [1.165, 1.54) is 0 Å². The van der Waals surface area contributed by atoms with E-state index in [1.54, 1.807) is 0 Å². The van der Waals surface area contributed by atoms with Gasteiger partial charge in [0.05, 0.1) is 0 Å². The molecule has 0 aliphatic heterocycles. The Labute approximate surface area is 78.5 Å². The van der Waals surface area contributed by atoms with Gasteiger partial charge in [0.2, 0.25) is 5.91 Å². The standard InChI is InChI=1S/C9H7F2NO2/c10-5-1-2-6(8(11)3-5)7(4-13)9(12)14/h1-4,7H,(H2,12,14). The largest absolute Gasteiger partial charge is 0.369 e. The number of rotatable bonds is 3. The molecule has 1 aromatic rings. The third-order valence-corrected chi connectivity index (χ3v) is 1.74. The monoisotopic (exact) mass is 199 g/mol. The Morgan fingerprint density at radius 1 is 1.43 bits per heavy atom. The van der Waals surface area contributed by atoms with Crippen LogP contribution in [0.2, 0.25) is 0 Å². The highest BCUT2D eigenvalue weighted by Gasteiger charge is 2.20. The number of halogens is 2. The van der Waals surface area contributed by atoms with Crippen molar-refractivity contribution in [2.45, 2.75) is 5.92 Å². The highest BCUT2D eigenvalue weighted by molar-refractivity contribution is 5.96. The molecule has 3 nitrogen and oxygen atoms in total. The Morgan fingerprint density at radius 3 is 2.50 bits per heavy atom. The molecule has 0 radical (unpaired) electrons. The fourth-order valence-corrected chi connectivity index (χ4v) is 1.05. The topological polar surface area (TPSA) is 60.2 Å². The SMILES string of the molecule is NC(=O)C(C=O)c1ccc(F)cc1F. The lowest BCUT2D eigenvalue weighted by atomic mass is 9.99. The molecule has 1 aromatic carbocycles. The van der Waals surface area contributed by atoms with E-state index in [0.717, 1.165) is 12.1 Å². The van der Waals surface area contributed by atoms with Crippen LogP contribution in [-0.2, 0) is 9.59 Å². The first-order valence-electron chi connectivity index (χ1n) is 3.76. The second kappa shape index (κ2) is 3.95.